The standard InChI is InChI=1S/C26H27NO4/c1-3-5-6-9-15-31-22-16-20(27-19-13-8-7-11-17(19)22)24-25(28)18-12-10-14-21(30-4-2)23(18)26(24)29/h7-8,10-14,16,24H,3-6,9,15H2,1-2H3. The van der Waals surface area contributed by atoms with Crippen molar-refractivity contribution in [3.05, 3.63) is 65.4 Å². The first-order valence-electron chi connectivity index (χ1n) is 11.0. The van der Waals surface area contributed by atoms with Gasteiger partial charge in [0.1, 0.15) is 17.4 Å². The van der Waals surface area contributed by atoms with Crippen LogP contribution in [0.1, 0.15) is 71.9 Å². The third kappa shape index (κ3) is 4.05. The summed E-state index contributed by atoms with van der Waals surface area (Å²) in [6, 6.07) is 14.6. The lowest BCUT2D eigenvalue weighted by atomic mass is 9.98. The van der Waals surface area contributed by atoms with Gasteiger partial charge in [-0.3, -0.25) is 14.6 Å². The van der Waals surface area contributed by atoms with Crippen LogP contribution in [0.5, 0.6) is 11.5 Å². The second kappa shape index (κ2) is 9.29. The Balaban J connectivity index is 1.70. The second-order valence-electron chi connectivity index (χ2n) is 7.74. The average molecular weight is 418 g/mol. The highest BCUT2D eigenvalue weighted by molar-refractivity contribution is 6.30. The highest BCUT2D eigenvalue weighted by Gasteiger charge is 2.42. The van der Waals surface area contributed by atoms with E-state index in [2.05, 4.69) is 11.9 Å². The van der Waals surface area contributed by atoms with Crippen LogP contribution in [0.25, 0.3) is 10.9 Å². The van der Waals surface area contributed by atoms with Crippen LogP contribution in [0.15, 0.2) is 48.5 Å². The molecule has 5 heteroatoms. The fraction of sp³-hybridized carbons (Fsp3) is 0.346. The number of unbranched alkanes of at least 4 members (excludes halogenated alkanes) is 3. The number of para-hydroxylation sites is 1. The Labute approximate surface area is 182 Å². The number of rotatable bonds is 9. The Morgan fingerprint density at radius 1 is 0.871 bits per heavy atom. The van der Waals surface area contributed by atoms with Crippen LogP contribution in [-0.2, 0) is 0 Å². The predicted molar refractivity (Wildman–Crippen MR) is 120 cm³/mol. The molecule has 1 atom stereocenters. The molecule has 31 heavy (non-hydrogen) atoms. The topological polar surface area (TPSA) is 65.5 Å². The van der Waals surface area contributed by atoms with E-state index in [4.69, 9.17) is 9.47 Å². The van der Waals surface area contributed by atoms with E-state index in [-0.39, 0.29) is 11.6 Å². The lowest BCUT2D eigenvalue weighted by Crippen LogP contribution is -2.15. The van der Waals surface area contributed by atoms with Gasteiger partial charge in [0.05, 0.1) is 30.0 Å². The maximum atomic E-state index is 13.3. The van der Waals surface area contributed by atoms with Crippen LogP contribution in [0.4, 0.5) is 0 Å². The van der Waals surface area contributed by atoms with Gasteiger partial charge in [-0.25, -0.2) is 0 Å². The number of hydrogen-bond donors (Lipinski definition) is 0. The number of carbonyl (C=O) groups is 2. The molecule has 1 aliphatic carbocycles. The van der Waals surface area contributed by atoms with Crippen LogP contribution in [-0.4, -0.2) is 29.8 Å². The number of nitrogens with zero attached hydrogens (tertiary/aromatic N) is 1. The molecule has 0 amide bonds. The summed E-state index contributed by atoms with van der Waals surface area (Å²) in [4.78, 5) is 31.2. The van der Waals surface area contributed by atoms with Crippen LogP contribution in [0, 0.1) is 0 Å². The number of Topliss-reactive ketones (excluding diaryl/α,β-unsaturated/α-hetero) is 2. The largest absolute Gasteiger partial charge is 0.493 e. The number of carbonyl (C=O) groups excluding carboxylic acids is 2. The molecule has 1 heterocycles. The summed E-state index contributed by atoms with van der Waals surface area (Å²) in [6.45, 7) is 5.04. The van der Waals surface area contributed by atoms with E-state index in [0.717, 1.165) is 18.2 Å². The monoisotopic (exact) mass is 417 g/mol. The van der Waals surface area contributed by atoms with Crippen molar-refractivity contribution in [1.82, 2.24) is 4.98 Å². The quantitative estimate of drug-likeness (QED) is 0.327. The van der Waals surface area contributed by atoms with Gasteiger partial charge in [-0.15, -0.1) is 0 Å². The molecule has 0 fully saturated rings. The van der Waals surface area contributed by atoms with Crippen LogP contribution >= 0.6 is 0 Å². The maximum absolute atomic E-state index is 13.3. The van der Waals surface area contributed by atoms with Gasteiger partial charge in [-0.2, -0.15) is 0 Å². The van der Waals surface area contributed by atoms with Gasteiger partial charge in [-0.05, 0) is 31.5 Å². The fourth-order valence-electron chi connectivity index (χ4n) is 4.10. The normalized spacial score (nSPS) is 15.4. The summed E-state index contributed by atoms with van der Waals surface area (Å²) < 4.78 is 11.7. The molecule has 0 N–H and O–H groups in total. The van der Waals surface area contributed by atoms with E-state index >= 15 is 0 Å². The maximum Gasteiger partial charge on any atom is 0.184 e. The van der Waals surface area contributed by atoms with Crippen molar-refractivity contribution >= 4 is 22.5 Å². The molecule has 4 rings (SSSR count). The summed E-state index contributed by atoms with van der Waals surface area (Å²) in [7, 11) is 0. The zero-order valence-electron chi connectivity index (χ0n) is 18.0. The minimum atomic E-state index is -0.969. The molecule has 0 radical (unpaired) electrons. The van der Waals surface area contributed by atoms with E-state index < -0.39 is 5.92 Å². The third-order valence-electron chi connectivity index (χ3n) is 5.61. The van der Waals surface area contributed by atoms with Crippen LogP contribution < -0.4 is 9.47 Å². The number of pyridine rings is 1. The van der Waals surface area contributed by atoms with Crippen LogP contribution in [0.2, 0.25) is 0 Å². The lowest BCUT2D eigenvalue weighted by molar-refractivity contribution is 0.0887. The Morgan fingerprint density at radius 2 is 1.71 bits per heavy atom. The van der Waals surface area contributed by atoms with Gasteiger partial charge in [0.15, 0.2) is 11.6 Å². The fourth-order valence-corrected chi connectivity index (χ4v) is 4.10. The molecule has 2 aromatic carbocycles. The lowest BCUT2D eigenvalue weighted by Gasteiger charge is -2.14. The van der Waals surface area contributed by atoms with E-state index in [9.17, 15) is 9.59 Å². The minimum Gasteiger partial charge on any atom is -0.493 e. The summed E-state index contributed by atoms with van der Waals surface area (Å²) in [6.07, 6.45) is 4.42. The summed E-state index contributed by atoms with van der Waals surface area (Å²) in [5, 5.41) is 0.882. The third-order valence-corrected chi connectivity index (χ3v) is 5.61. The molecular weight excluding hydrogens is 390 g/mol. The van der Waals surface area contributed by atoms with Gasteiger partial charge in [-0.1, -0.05) is 50.5 Å². The number of hydrogen-bond acceptors (Lipinski definition) is 5. The van der Waals surface area contributed by atoms with Crippen LogP contribution in [0.3, 0.4) is 0 Å². The van der Waals surface area contributed by atoms with E-state index in [1.165, 1.54) is 12.8 Å². The van der Waals surface area contributed by atoms with Gasteiger partial charge < -0.3 is 9.47 Å². The number of ketones is 2. The van der Waals surface area contributed by atoms with E-state index in [1.807, 2.05) is 31.2 Å². The van der Waals surface area contributed by atoms with Gasteiger partial charge in [0, 0.05) is 17.0 Å². The van der Waals surface area contributed by atoms with Crippen molar-refractivity contribution in [2.24, 2.45) is 0 Å². The zero-order valence-corrected chi connectivity index (χ0v) is 18.0. The Hall–Kier alpha value is -3.21. The number of benzene rings is 2. The molecule has 0 saturated heterocycles. The number of aromatic nitrogens is 1. The molecule has 1 unspecified atom stereocenters. The van der Waals surface area contributed by atoms with Crippen molar-refractivity contribution in [3.8, 4) is 11.5 Å². The van der Waals surface area contributed by atoms with Gasteiger partial charge in [0.2, 0.25) is 0 Å². The van der Waals surface area contributed by atoms with Crippen molar-refractivity contribution in [2.45, 2.75) is 45.4 Å². The Kier molecular flexibility index (Phi) is 6.31. The SMILES string of the molecule is CCCCCCOc1cc(C2C(=O)c3cccc(OCC)c3C2=O)nc2ccccc12. The van der Waals surface area contributed by atoms with Gasteiger partial charge >= 0.3 is 0 Å². The highest BCUT2D eigenvalue weighted by atomic mass is 16.5. The highest BCUT2D eigenvalue weighted by Crippen LogP contribution is 2.40. The number of ether oxygens (including phenoxy) is 2. The Bertz CT molecular complexity index is 1120. The smallest absolute Gasteiger partial charge is 0.184 e. The van der Waals surface area contributed by atoms with Crippen molar-refractivity contribution < 1.29 is 19.1 Å². The van der Waals surface area contributed by atoms with Crippen molar-refractivity contribution in [1.29, 1.82) is 0 Å². The van der Waals surface area contributed by atoms with E-state index in [0.29, 0.717) is 47.1 Å². The van der Waals surface area contributed by atoms with Crippen molar-refractivity contribution in [2.75, 3.05) is 13.2 Å². The summed E-state index contributed by atoms with van der Waals surface area (Å²) in [5.74, 6) is -0.352. The molecule has 3 aromatic rings. The molecular formula is C26H27NO4. The first-order valence-corrected chi connectivity index (χ1v) is 11.0. The van der Waals surface area contributed by atoms with Crippen molar-refractivity contribution in [3.63, 3.8) is 0 Å². The molecule has 0 bridgehead atoms. The average Bonchev–Trinajstić information content (AvgIpc) is 3.04. The molecule has 160 valence electrons. The molecule has 0 saturated carbocycles. The molecule has 0 aliphatic heterocycles. The number of fused-ring (bicyclic) bond motifs is 2. The summed E-state index contributed by atoms with van der Waals surface area (Å²) >= 11 is 0. The predicted octanol–water partition coefficient (Wildman–Crippen LogP) is 5.76. The minimum absolute atomic E-state index is 0.238. The molecule has 1 aliphatic rings. The molecule has 1 aromatic heterocycles. The first-order chi connectivity index (χ1) is 15.2. The zero-order chi connectivity index (χ0) is 21.8. The molecule has 0 spiro atoms. The Morgan fingerprint density at radius 3 is 2.52 bits per heavy atom. The first kappa shape index (κ1) is 21.0. The van der Waals surface area contributed by atoms with E-state index in [1.54, 1.807) is 24.3 Å². The molecule has 5 nitrogen and oxygen atoms in total. The summed E-state index contributed by atoms with van der Waals surface area (Å²) in [5.41, 5.74) is 1.90. The van der Waals surface area contributed by atoms with Gasteiger partial charge in [0.25, 0.3) is 0 Å². The second-order valence-corrected chi connectivity index (χ2v) is 7.74.